The van der Waals surface area contributed by atoms with Crippen molar-refractivity contribution in [3.8, 4) is 0 Å². The first kappa shape index (κ1) is 16.3. The van der Waals surface area contributed by atoms with Gasteiger partial charge in [-0.05, 0) is 35.7 Å². The minimum atomic E-state index is -0.0923. The summed E-state index contributed by atoms with van der Waals surface area (Å²) in [7, 11) is 0. The Morgan fingerprint density at radius 1 is 1.17 bits per heavy atom. The van der Waals surface area contributed by atoms with Crippen LogP contribution in [0, 0.1) is 0 Å². The van der Waals surface area contributed by atoms with Crippen LogP contribution < -0.4 is 5.32 Å². The standard InChI is InChI=1S/C18H18N4OS/c1-2-14-5-3-4-6-16(14)21-17(23)15-9-7-13(8-10-15)11-24-18-19-12-20-22-18/h3-10,12H,2,11H2,1H3,(H,21,23)(H,19,20,22). The van der Waals surface area contributed by atoms with E-state index >= 15 is 0 Å². The SMILES string of the molecule is CCc1ccccc1NC(=O)c1ccc(CSc2ncn[nH]2)cc1. The monoisotopic (exact) mass is 338 g/mol. The number of aromatic nitrogens is 3. The number of nitrogens with zero attached hydrogens (tertiary/aromatic N) is 2. The molecule has 3 aromatic rings. The number of para-hydroxylation sites is 1. The van der Waals surface area contributed by atoms with Gasteiger partial charge in [0, 0.05) is 17.0 Å². The molecule has 6 heteroatoms. The van der Waals surface area contributed by atoms with Crippen LogP contribution in [0.15, 0.2) is 60.0 Å². The maximum Gasteiger partial charge on any atom is 0.255 e. The van der Waals surface area contributed by atoms with Gasteiger partial charge >= 0.3 is 0 Å². The highest BCUT2D eigenvalue weighted by Gasteiger charge is 2.08. The smallest absolute Gasteiger partial charge is 0.255 e. The van der Waals surface area contributed by atoms with Crippen molar-refractivity contribution < 1.29 is 4.79 Å². The van der Waals surface area contributed by atoms with E-state index in [1.165, 1.54) is 6.33 Å². The molecule has 3 rings (SSSR count). The van der Waals surface area contributed by atoms with Crippen LogP contribution in [-0.2, 0) is 12.2 Å². The van der Waals surface area contributed by atoms with E-state index in [-0.39, 0.29) is 5.91 Å². The molecule has 0 bridgehead atoms. The number of thioether (sulfide) groups is 1. The van der Waals surface area contributed by atoms with Crippen LogP contribution in [0.25, 0.3) is 0 Å². The van der Waals surface area contributed by atoms with Crippen molar-refractivity contribution >= 4 is 23.4 Å². The number of amides is 1. The molecule has 0 aliphatic heterocycles. The van der Waals surface area contributed by atoms with E-state index in [4.69, 9.17) is 0 Å². The topological polar surface area (TPSA) is 70.7 Å². The number of aryl methyl sites for hydroxylation is 1. The summed E-state index contributed by atoms with van der Waals surface area (Å²) >= 11 is 1.57. The number of anilines is 1. The number of rotatable bonds is 6. The molecular formula is C18H18N4OS. The summed E-state index contributed by atoms with van der Waals surface area (Å²) in [6.45, 7) is 2.08. The molecular weight excluding hydrogens is 320 g/mol. The molecule has 0 atom stereocenters. The Labute approximate surface area is 144 Å². The number of H-pyrrole nitrogens is 1. The molecule has 0 aliphatic rings. The lowest BCUT2D eigenvalue weighted by Gasteiger charge is -2.10. The minimum absolute atomic E-state index is 0.0923. The molecule has 0 saturated heterocycles. The first-order valence-corrected chi connectivity index (χ1v) is 8.71. The van der Waals surface area contributed by atoms with Crippen molar-refractivity contribution in [1.82, 2.24) is 15.2 Å². The molecule has 0 spiro atoms. The zero-order valence-electron chi connectivity index (χ0n) is 13.3. The number of carbonyl (C=O) groups excluding carboxylic acids is 1. The normalized spacial score (nSPS) is 10.5. The van der Waals surface area contributed by atoms with Crippen LogP contribution >= 0.6 is 11.8 Å². The van der Waals surface area contributed by atoms with Crippen LogP contribution in [0.5, 0.6) is 0 Å². The van der Waals surface area contributed by atoms with Gasteiger partial charge < -0.3 is 5.32 Å². The maximum atomic E-state index is 12.4. The third-order valence-electron chi connectivity index (χ3n) is 3.63. The molecule has 2 N–H and O–H groups in total. The number of carbonyl (C=O) groups is 1. The molecule has 122 valence electrons. The predicted octanol–water partition coefficient (Wildman–Crippen LogP) is 3.91. The van der Waals surface area contributed by atoms with Crippen molar-refractivity contribution in [3.05, 3.63) is 71.5 Å². The Morgan fingerprint density at radius 3 is 2.67 bits per heavy atom. The predicted molar refractivity (Wildman–Crippen MR) is 96.2 cm³/mol. The minimum Gasteiger partial charge on any atom is -0.322 e. The lowest BCUT2D eigenvalue weighted by Crippen LogP contribution is -2.13. The van der Waals surface area contributed by atoms with Crippen molar-refractivity contribution in [2.24, 2.45) is 0 Å². The molecule has 2 aromatic carbocycles. The van der Waals surface area contributed by atoms with Gasteiger partial charge in [-0.2, -0.15) is 5.10 Å². The number of hydrogen-bond donors (Lipinski definition) is 2. The van der Waals surface area contributed by atoms with Gasteiger partial charge in [0.25, 0.3) is 5.91 Å². The average Bonchev–Trinajstić information content (AvgIpc) is 3.14. The van der Waals surface area contributed by atoms with E-state index < -0.39 is 0 Å². The molecule has 0 aliphatic carbocycles. The molecule has 0 fully saturated rings. The quantitative estimate of drug-likeness (QED) is 0.669. The fraction of sp³-hybridized carbons (Fsp3) is 0.167. The van der Waals surface area contributed by atoms with E-state index in [2.05, 4.69) is 27.4 Å². The first-order valence-electron chi connectivity index (χ1n) is 7.72. The Morgan fingerprint density at radius 2 is 1.96 bits per heavy atom. The van der Waals surface area contributed by atoms with Crippen molar-refractivity contribution in [1.29, 1.82) is 0 Å². The Hall–Kier alpha value is -2.60. The van der Waals surface area contributed by atoms with E-state index in [0.717, 1.165) is 34.1 Å². The second-order valence-corrected chi connectivity index (χ2v) is 6.21. The highest BCUT2D eigenvalue weighted by atomic mass is 32.2. The van der Waals surface area contributed by atoms with Crippen LogP contribution in [0.3, 0.4) is 0 Å². The van der Waals surface area contributed by atoms with Crippen LogP contribution in [-0.4, -0.2) is 21.1 Å². The third-order valence-corrected chi connectivity index (χ3v) is 4.58. The zero-order valence-corrected chi connectivity index (χ0v) is 14.1. The Balaban J connectivity index is 1.63. The highest BCUT2D eigenvalue weighted by molar-refractivity contribution is 7.98. The third kappa shape index (κ3) is 4.02. The Bertz CT molecular complexity index is 800. The van der Waals surface area contributed by atoms with Crippen molar-refractivity contribution in [2.75, 3.05) is 5.32 Å². The fourth-order valence-corrected chi connectivity index (χ4v) is 3.05. The largest absolute Gasteiger partial charge is 0.322 e. The summed E-state index contributed by atoms with van der Waals surface area (Å²) in [6, 6.07) is 15.5. The van der Waals surface area contributed by atoms with E-state index in [0.29, 0.717) is 5.56 Å². The van der Waals surface area contributed by atoms with Gasteiger partial charge in [0.05, 0.1) is 0 Å². The lowest BCUT2D eigenvalue weighted by molar-refractivity contribution is 0.102. The van der Waals surface area contributed by atoms with E-state index in [1.807, 2.05) is 48.5 Å². The summed E-state index contributed by atoms with van der Waals surface area (Å²) in [4.78, 5) is 16.5. The molecule has 1 amide bonds. The molecule has 5 nitrogen and oxygen atoms in total. The summed E-state index contributed by atoms with van der Waals surface area (Å²) in [5.41, 5.74) is 3.78. The summed E-state index contributed by atoms with van der Waals surface area (Å²) < 4.78 is 0. The summed E-state index contributed by atoms with van der Waals surface area (Å²) in [5, 5.41) is 10.4. The van der Waals surface area contributed by atoms with Gasteiger partial charge in [0.15, 0.2) is 5.16 Å². The lowest BCUT2D eigenvalue weighted by atomic mass is 10.1. The average molecular weight is 338 g/mol. The van der Waals surface area contributed by atoms with Crippen LogP contribution in [0.2, 0.25) is 0 Å². The van der Waals surface area contributed by atoms with Crippen molar-refractivity contribution in [2.45, 2.75) is 24.3 Å². The van der Waals surface area contributed by atoms with Crippen LogP contribution in [0.1, 0.15) is 28.4 Å². The fourth-order valence-electron chi connectivity index (χ4n) is 2.31. The molecule has 0 unspecified atom stereocenters. The van der Waals surface area contributed by atoms with Gasteiger partial charge in [-0.15, -0.1) is 0 Å². The number of benzene rings is 2. The highest BCUT2D eigenvalue weighted by Crippen LogP contribution is 2.20. The second-order valence-electron chi connectivity index (χ2n) is 5.24. The number of nitrogens with one attached hydrogen (secondary N) is 2. The first-order chi connectivity index (χ1) is 11.8. The second kappa shape index (κ2) is 7.79. The van der Waals surface area contributed by atoms with E-state index in [9.17, 15) is 4.79 Å². The molecule has 1 aromatic heterocycles. The van der Waals surface area contributed by atoms with Gasteiger partial charge in [-0.3, -0.25) is 9.89 Å². The Kier molecular flexibility index (Phi) is 5.28. The van der Waals surface area contributed by atoms with Crippen LogP contribution in [0.4, 0.5) is 5.69 Å². The van der Waals surface area contributed by atoms with Gasteiger partial charge in [0.1, 0.15) is 6.33 Å². The number of aromatic amines is 1. The molecule has 0 radical (unpaired) electrons. The van der Waals surface area contributed by atoms with Crippen molar-refractivity contribution in [3.63, 3.8) is 0 Å². The van der Waals surface area contributed by atoms with Gasteiger partial charge in [0.2, 0.25) is 0 Å². The summed E-state index contributed by atoms with van der Waals surface area (Å²) in [6.07, 6.45) is 2.37. The number of hydrogen-bond acceptors (Lipinski definition) is 4. The molecule has 24 heavy (non-hydrogen) atoms. The van der Waals surface area contributed by atoms with Gasteiger partial charge in [-0.25, -0.2) is 4.98 Å². The maximum absolute atomic E-state index is 12.4. The molecule has 0 saturated carbocycles. The zero-order chi connectivity index (χ0) is 16.8. The van der Waals surface area contributed by atoms with E-state index in [1.54, 1.807) is 11.8 Å². The van der Waals surface area contributed by atoms with Gasteiger partial charge in [-0.1, -0.05) is 49.0 Å². The molecule has 1 heterocycles. The summed E-state index contributed by atoms with van der Waals surface area (Å²) in [5.74, 6) is 0.681.